The SMILES string of the molecule is CC[C@H](SC1=N/C(=C\c2ccccc2C)C(=O)N1c1ccc(OC)c(Cl)c1)C(=O)N1CCOCC1. The lowest BCUT2D eigenvalue weighted by Crippen LogP contribution is -2.45. The van der Waals surface area contributed by atoms with Crippen molar-refractivity contribution in [1.29, 1.82) is 0 Å². The summed E-state index contributed by atoms with van der Waals surface area (Å²) >= 11 is 7.68. The molecule has 0 radical (unpaired) electrons. The molecule has 2 aliphatic rings. The highest BCUT2D eigenvalue weighted by molar-refractivity contribution is 8.15. The number of halogens is 1. The fourth-order valence-electron chi connectivity index (χ4n) is 3.92. The first kappa shape index (κ1) is 25.3. The summed E-state index contributed by atoms with van der Waals surface area (Å²) in [6.07, 6.45) is 2.39. The van der Waals surface area contributed by atoms with Crippen molar-refractivity contribution in [2.24, 2.45) is 4.99 Å². The number of ether oxygens (including phenoxy) is 2. The van der Waals surface area contributed by atoms with Gasteiger partial charge >= 0.3 is 0 Å². The minimum absolute atomic E-state index is 0.0278. The van der Waals surface area contributed by atoms with Gasteiger partial charge in [0.1, 0.15) is 11.4 Å². The maximum atomic E-state index is 13.6. The Bertz CT molecular complexity index is 1180. The van der Waals surface area contributed by atoms with E-state index in [1.165, 1.54) is 23.8 Å². The molecule has 184 valence electrons. The van der Waals surface area contributed by atoms with E-state index in [4.69, 9.17) is 26.1 Å². The third-order valence-electron chi connectivity index (χ3n) is 5.92. The van der Waals surface area contributed by atoms with Gasteiger partial charge in [0.25, 0.3) is 5.91 Å². The molecule has 0 N–H and O–H groups in total. The van der Waals surface area contributed by atoms with E-state index in [0.717, 1.165) is 11.1 Å². The Morgan fingerprint density at radius 1 is 1.26 bits per heavy atom. The van der Waals surface area contributed by atoms with Gasteiger partial charge in [-0.05, 0) is 48.7 Å². The molecule has 1 fully saturated rings. The Morgan fingerprint density at radius 3 is 2.66 bits per heavy atom. The fourth-order valence-corrected chi connectivity index (χ4v) is 5.28. The van der Waals surface area contributed by atoms with Gasteiger partial charge in [0.15, 0.2) is 5.17 Å². The predicted molar refractivity (Wildman–Crippen MR) is 141 cm³/mol. The highest BCUT2D eigenvalue weighted by atomic mass is 35.5. The molecule has 35 heavy (non-hydrogen) atoms. The second-order valence-electron chi connectivity index (χ2n) is 8.19. The molecule has 0 bridgehead atoms. The molecule has 2 aliphatic heterocycles. The summed E-state index contributed by atoms with van der Waals surface area (Å²) in [5, 5.41) is 0.452. The molecule has 2 aromatic carbocycles. The van der Waals surface area contributed by atoms with E-state index in [1.54, 1.807) is 24.3 Å². The van der Waals surface area contributed by atoms with E-state index >= 15 is 0 Å². The molecule has 9 heteroatoms. The monoisotopic (exact) mass is 513 g/mol. The van der Waals surface area contributed by atoms with Crippen LogP contribution in [0.1, 0.15) is 24.5 Å². The van der Waals surface area contributed by atoms with Crippen molar-refractivity contribution < 1.29 is 19.1 Å². The minimum Gasteiger partial charge on any atom is -0.495 e. The van der Waals surface area contributed by atoms with Gasteiger partial charge in [-0.15, -0.1) is 0 Å². The van der Waals surface area contributed by atoms with Crippen LogP contribution in [0, 0.1) is 6.92 Å². The average molecular weight is 514 g/mol. The van der Waals surface area contributed by atoms with Crippen molar-refractivity contribution in [2.45, 2.75) is 25.5 Å². The number of aryl methyl sites for hydroxylation is 1. The van der Waals surface area contributed by atoms with E-state index in [9.17, 15) is 9.59 Å². The summed E-state index contributed by atoms with van der Waals surface area (Å²) in [7, 11) is 1.54. The molecule has 0 aliphatic carbocycles. The molecule has 1 atom stereocenters. The van der Waals surface area contributed by atoms with Gasteiger partial charge in [0.2, 0.25) is 5.91 Å². The van der Waals surface area contributed by atoms with Crippen molar-refractivity contribution in [2.75, 3.05) is 38.3 Å². The number of methoxy groups -OCH3 is 1. The van der Waals surface area contributed by atoms with Crippen LogP contribution >= 0.6 is 23.4 Å². The highest BCUT2D eigenvalue weighted by Gasteiger charge is 2.36. The lowest BCUT2D eigenvalue weighted by atomic mass is 10.1. The predicted octanol–water partition coefficient (Wildman–Crippen LogP) is 4.77. The quantitative estimate of drug-likeness (QED) is 0.520. The lowest BCUT2D eigenvalue weighted by Gasteiger charge is -2.30. The first-order valence-electron chi connectivity index (χ1n) is 11.5. The Labute approximate surface area is 214 Å². The number of hydrogen-bond donors (Lipinski definition) is 0. The summed E-state index contributed by atoms with van der Waals surface area (Å²) in [5.41, 5.74) is 2.82. The number of morpholine rings is 1. The number of hydrogen-bond acceptors (Lipinski definition) is 6. The molecular weight excluding hydrogens is 486 g/mol. The molecule has 2 heterocycles. The maximum Gasteiger partial charge on any atom is 0.283 e. The van der Waals surface area contributed by atoms with Crippen LogP contribution in [-0.4, -0.2) is 60.5 Å². The van der Waals surface area contributed by atoms with Gasteiger partial charge in [-0.3, -0.25) is 14.5 Å². The van der Waals surface area contributed by atoms with Gasteiger partial charge in [0, 0.05) is 13.1 Å². The fraction of sp³-hybridized carbons (Fsp3) is 0.346. The van der Waals surface area contributed by atoms with Gasteiger partial charge in [-0.1, -0.05) is 54.6 Å². The van der Waals surface area contributed by atoms with Crippen LogP contribution in [0.2, 0.25) is 5.02 Å². The molecule has 4 rings (SSSR count). The van der Waals surface area contributed by atoms with Crippen molar-refractivity contribution in [3.63, 3.8) is 0 Å². The molecule has 0 unspecified atom stereocenters. The summed E-state index contributed by atoms with van der Waals surface area (Å²) in [4.78, 5) is 34.9. The summed E-state index contributed by atoms with van der Waals surface area (Å²) in [5.74, 6) is 0.267. The number of carbonyl (C=O) groups is 2. The van der Waals surface area contributed by atoms with Crippen molar-refractivity contribution in [1.82, 2.24) is 4.90 Å². The summed E-state index contributed by atoms with van der Waals surface area (Å²) < 4.78 is 10.7. The summed E-state index contributed by atoms with van der Waals surface area (Å²) in [6.45, 7) is 6.15. The van der Waals surface area contributed by atoms with E-state index in [0.29, 0.717) is 60.0 Å². The molecular formula is C26H28ClN3O4S. The van der Waals surface area contributed by atoms with Crippen LogP contribution in [0.15, 0.2) is 53.2 Å². The van der Waals surface area contributed by atoms with Crippen molar-refractivity contribution >= 4 is 52.1 Å². The van der Waals surface area contributed by atoms with Gasteiger partial charge in [-0.25, -0.2) is 4.99 Å². The average Bonchev–Trinajstić information content (AvgIpc) is 3.18. The number of nitrogens with zero attached hydrogens (tertiary/aromatic N) is 3. The minimum atomic E-state index is -0.381. The van der Waals surface area contributed by atoms with Crippen LogP contribution < -0.4 is 9.64 Å². The molecule has 2 amide bonds. The van der Waals surface area contributed by atoms with Crippen molar-refractivity contribution in [3.8, 4) is 5.75 Å². The molecule has 0 aromatic heterocycles. The van der Waals surface area contributed by atoms with Crippen LogP contribution in [0.4, 0.5) is 5.69 Å². The standard InChI is InChI=1S/C26H28ClN3O4S/c1-4-23(25(32)29-11-13-34-14-12-29)35-26-28-21(15-18-8-6-5-7-17(18)2)24(31)30(26)19-9-10-22(33-3)20(27)16-19/h5-10,15-16,23H,4,11-14H2,1-3H3/b21-15-/t23-/m0/s1. The summed E-state index contributed by atoms with van der Waals surface area (Å²) in [6, 6.07) is 13.0. The van der Waals surface area contributed by atoms with Crippen molar-refractivity contribution in [3.05, 3.63) is 64.3 Å². The number of thioether (sulfide) groups is 1. The number of anilines is 1. The van der Waals surface area contributed by atoms with Crippen LogP contribution in [0.25, 0.3) is 6.08 Å². The number of rotatable bonds is 6. The molecule has 7 nitrogen and oxygen atoms in total. The van der Waals surface area contributed by atoms with E-state index < -0.39 is 0 Å². The smallest absolute Gasteiger partial charge is 0.283 e. The number of amides is 2. The molecule has 0 spiro atoms. The van der Waals surface area contributed by atoms with E-state index in [1.807, 2.05) is 43.0 Å². The number of amidine groups is 1. The first-order valence-corrected chi connectivity index (χ1v) is 12.8. The zero-order chi connectivity index (χ0) is 24.9. The van der Waals surface area contributed by atoms with Gasteiger partial charge < -0.3 is 14.4 Å². The number of aliphatic imine (C=N–C) groups is 1. The zero-order valence-corrected chi connectivity index (χ0v) is 21.6. The zero-order valence-electron chi connectivity index (χ0n) is 20.0. The lowest BCUT2D eigenvalue weighted by molar-refractivity contribution is -0.134. The van der Waals surface area contributed by atoms with E-state index in [-0.39, 0.29) is 17.1 Å². The molecule has 2 aromatic rings. The van der Waals surface area contributed by atoms with Crippen LogP contribution in [0.3, 0.4) is 0 Å². The number of carbonyl (C=O) groups excluding carboxylic acids is 2. The van der Waals surface area contributed by atoms with Crippen LogP contribution in [-0.2, 0) is 14.3 Å². The van der Waals surface area contributed by atoms with E-state index in [2.05, 4.69) is 0 Å². The molecule has 0 saturated carbocycles. The maximum absolute atomic E-state index is 13.6. The Kier molecular flexibility index (Phi) is 8.15. The first-order chi connectivity index (χ1) is 16.9. The molecule has 1 saturated heterocycles. The largest absolute Gasteiger partial charge is 0.495 e. The van der Waals surface area contributed by atoms with Gasteiger partial charge in [0.05, 0.1) is 36.3 Å². The second-order valence-corrected chi connectivity index (χ2v) is 9.77. The Balaban J connectivity index is 1.70. The third-order valence-corrected chi connectivity index (χ3v) is 7.52. The van der Waals surface area contributed by atoms with Gasteiger partial charge in [-0.2, -0.15) is 0 Å². The topological polar surface area (TPSA) is 71.4 Å². The number of benzene rings is 2. The Morgan fingerprint density at radius 2 is 2.00 bits per heavy atom. The van der Waals surface area contributed by atoms with Crippen LogP contribution in [0.5, 0.6) is 5.75 Å². The third kappa shape index (κ3) is 5.55. The normalized spacial score (nSPS) is 18.1. The Hall–Kier alpha value is -2.81. The highest BCUT2D eigenvalue weighted by Crippen LogP contribution is 2.36. The second kappa shape index (κ2) is 11.3.